The van der Waals surface area contributed by atoms with Gasteiger partial charge in [-0.05, 0) is 37.4 Å². The number of anilines is 2. The number of rotatable bonds is 5. The lowest BCUT2D eigenvalue weighted by Gasteiger charge is -2.30. The molecule has 138 valence electrons. The number of nitrogens with one attached hydrogen (secondary N) is 1. The van der Waals surface area contributed by atoms with Crippen molar-refractivity contribution in [1.82, 2.24) is 9.88 Å². The van der Waals surface area contributed by atoms with Gasteiger partial charge < -0.3 is 5.73 Å². The molecule has 1 saturated heterocycles. The molecule has 26 heavy (non-hydrogen) atoms. The van der Waals surface area contributed by atoms with E-state index in [1.54, 1.807) is 0 Å². The zero-order valence-corrected chi connectivity index (χ0v) is 15.3. The number of thiazole rings is 1. The highest BCUT2D eigenvalue weighted by Gasteiger charge is 2.19. The molecule has 2 heterocycles. The fourth-order valence-electron chi connectivity index (χ4n) is 3.11. The van der Waals surface area contributed by atoms with E-state index in [0.29, 0.717) is 11.0 Å². The largest absolute Gasteiger partial charge is 0.393 e. The normalized spacial score (nSPS) is 17.8. The second-order valence-electron chi connectivity index (χ2n) is 6.61. The summed E-state index contributed by atoms with van der Waals surface area (Å²) in [6.07, 6.45) is 2.47. The summed E-state index contributed by atoms with van der Waals surface area (Å²) in [4.78, 5) is 29.5. The Kier molecular flexibility index (Phi) is 5.48. The third-order valence-electron chi connectivity index (χ3n) is 4.39. The second-order valence-corrected chi connectivity index (χ2v) is 7.47. The lowest BCUT2D eigenvalue weighted by Crippen LogP contribution is -2.33. The lowest BCUT2D eigenvalue weighted by atomic mass is 10.0. The highest BCUT2D eigenvalue weighted by atomic mass is 32.1. The van der Waals surface area contributed by atoms with Gasteiger partial charge >= 0.3 is 0 Å². The number of aromatic nitrogens is 1. The van der Waals surface area contributed by atoms with Gasteiger partial charge in [0.05, 0.1) is 10.6 Å². The molecule has 1 aliphatic heterocycles. The van der Waals surface area contributed by atoms with Gasteiger partial charge in [-0.15, -0.1) is 11.3 Å². The molecule has 0 spiro atoms. The smallest absolute Gasteiger partial charge is 0.292 e. The molecular weight excluding hydrogens is 354 g/mol. The number of carbonyl (C=O) groups is 1. The Labute approximate surface area is 155 Å². The molecular formula is C17H21N5O3S. The van der Waals surface area contributed by atoms with E-state index in [-0.39, 0.29) is 16.9 Å². The quantitative estimate of drug-likeness (QED) is 0.471. The first-order chi connectivity index (χ1) is 12.4. The SMILES string of the molecule is CC1CCCN(Cc2csc(NC(=O)c3ccc(N)c([N+](=O)[O-])c3)n2)C1. The Bertz CT molecular complexity index is 822. The van der Waals surface area contributed by atoms with Crippen molar-refractivity contribution in [1.29, 1.82) is 0 Å². The molecule has 0 bridgehead atoms. The maximum absolute atomic E-state index is 12.3. The zero-order chi connectivity index (χ0) is 18.7. The van der Waals surface area contributed by atoms with E-state index in [1.807, 2.05) is 5.38 Å². The number of carbonyl (C=O) groups excluding carboxylic acids is 1. The molecule has 1 atom stereocenters. The van der Waals surface area contributed by atoms with Gasteiger partial charge in [-0.2, -0.15) is 0 Å². The molecule has 1 unspecified atom stereocenters. The van der Waals surface area contributed by atoms with E-state index in [9.17, 15) is 14.9 Å². The van der Waals surface area contributed by atoms with Gasteiger partial charge in [0, 0.05) is 30.1 Å². The molecule has 0 saturated carbocycles. The minimum Gasteiger partial charge on any atom is -0.393 e. The molecule has 1 fully saturated rings. The summed E-state index contributed by atoms with van der Waals surface area (Å²) in [5, 5.41) is 16.1. The number of hydrogen-bond donors (Lipinski definition) is 2. The van der Waals surface area contributed by atoms with Crippen molar-refractivity contribution in [3.8, 4) is 0 Å². The summed E-state index contributed by atoms with van der Waals surface area (Å²) < 4.78 is 0. The average molecular weight is 375 g/mol. The number of nitrogens with two attached hydrogens (primary N) is 1. The number of hydrogen-bond acceptors (Lipinski definition) is 7. The summed E-state index contributed by atoms with van der Waals surface area (Å²) in [7, 11) is 0. The first-order valence-electron chi connectivity index (χ1n) is 8.44. The number of nitrogen functional groups attached to an aromatic ring is 1. The van der Waals surface area contributed by atoms with Gasteiger partial charge in [-0.25, -0.2) is 4.98 Å². The average Bonchev–Trinajstić information content (AvgIpc) is 3.01. The molecule has 3 N–H and O–H groups in total. The standard InChI is InChI=1S/C17H21N5O3S/c1-11-3-2-6-21(8-11)9-13-10-26-17(19-13)20-16(23)12-4-5-14(18)15(7-12)22(24)25/h4-5,7,10-11H,2-3,6,8-9,18H2,1H3,(H,19,20,23). The Morgan fingerprint density at radius 3 is 3.08 bits per heavy atom. The van der Waals surface area contributed by atoms with Gasteiger partial charge in [0.2, 0.25) is 0 Å². The molecule has 1 amide bonds. The predicted molar refractivity (Wildman–Crippen MR) is 101 cm³/mol. The van der Waals surface area contributed by atoms with Crippen LogP contribution in [0.3, 0.4) is 0 Å². The van der Waals surface area contributed by atoms with Crippen LogP contribution in [0.15, 0.2) is 23.6 Å². The van der Waals surface area contributed by atoms with Crippen molar-refractivity contribution < 1.29 is 9.72 Å². The Balaban J connectivity index is 1.64. The number of amides is 1. The van der Waals surface area contributed by atoms with Crippen LogP contribution < -0.4 is 11.1 Å². The van der Waals surface area contributed by atoms with E-state index in [1.165, 1.54) is 42.4 Å². The third kappa shape index (κ3) is 4.36. The van der Waals surface area contributed by atoms with Crippen LogP contribution in [0.25, 0.3) is 0 Å². The summed E-state index contributed by atoms with van der Waals surface area (Å²) in [6.45, 7) is 5.15. The molecule has 0 radical (unpaired) electrons. The van der Waals surface area contributed by atoms with E-state index in [2.05, 4.69) is 22.1 Å². The first-order valence-corrected chi connectivity index (χ1v) is 9.32. The molecule has 1 aromatic carbocycles. The number of nitro groups is 1. The molecule has 1 aliphatic rings. The van der Waals surface area contributed by atoms with Crippen LogP contribution >= 0.6 is 11.3 Å². The Morgan fingerprint density at radius 2 is 2.35 bits per heavy atom. The van der Waals surface area contributed by atoms with Crippen LogP contribution in [0.2, 0.25) is 0 Å². The van der Waals surface area contributed by atoms with Crippen LogP contribution in [0, 0.1) is 16.0 Å². The molecule has 0 aliphatic carbocycles. The van der Waals surface area contributed by atoms with Gasteiger partial charge in [0.15, 0.2) is 5.13 Å². The minimum atomic E-state index is -0.604. The summed E-state index contributed by atoms with van der Waals surface area (Å²) in [5.41, 5.74) is 6.40. The van der Waals surface area contributed by atoms with E-state index >= 15 is 0 Å². The fraction of sp³-hybridized carbons (Fsp3) is 0.412. The predicted octanol–water partition coefficient (Wildman–Crippen LogP) is 3.12. The van der Waals surface area contributed by atoms with Gasteiger partial charge in [0.1, 0.15) is 5.69 Å². The van der Waals surface area contributed by atoms with Crippen molar-refractivity contribution in [3.63, 3.8) is 0 Å². The number of benzene rings is 1. The van der Waals surface area contributed by atoms with Crippen LogP contribution in [0.4, 0.5) is 16.5 Å². The van der Waals surface area contributed by atoms with Crippen LogP contribution in [0.1, 0.15) is 35.8 Å². The van der Waals surface area contributed by atoms with Gasteiger partial charge in [0.25, 0.3) is 11.6 Å². The Morgan fingerprint density at radius 1 is 1.54 bits per heavy atom. The minimum absolute atomic E-state index is 0.0267. The summed E-state index contributed by atoms with van der Waals surface area (Å²) in [5.74, 6) is 0.253. The van der Waals surface area contributed by atoms with Gasteiger partial charge in [-0.3, -0.25) is 25.1 Å². The Hall–Kier alpha value is -2.52. The molecule has 1 aromatic heterocycles. The number of piperidine rings is 1. The van der Waals surface area contributed by atoms with Crippen molar-refractivity contribution in [2.75, 3.05) is 24.1 Å². The molecule has 8 nitrogen and oxygen atoms in total. The monoisotopic (exact) mass is 375 g/mol. The second kappa shape index (κ2) is 7.79. The first kappa shape index (κ1) is 18.3. The van der Waals surface area contributed by atoms with Crippen LogP contribution in [0.5, 0.6) is 0 Å². The van der Waals surface area contributed by atoms with Crippen LogP contribution in [-0.2, 0) is 6.54 Å². The third-order valence-corrected chi connectivity index (χ3v) is 5.19. The highest BCUT2D eigenvalue weighted by Crippen LogP contribution is 2.24. The fourth-order valence-corrected chi connectivity index (χ4v) is 3.81. The maximum atomic E-state index is 12.3. The molecule has 2 aromatic rings. The van der Waals surface area contributed by atoms with Crippen LogP contribution in [-0.4, -0.2) is 33.8 Å². The number of nitrogens with zero attached hydrogens (tertiary/aromatic N) is 3. The topological polar surface area (TPSA) is 114 Å². The molecule has 9 heteroatoms. The van der Waals surface area contributed by atoms with E-state index in [0.717, 1.165) is 25.3 Å². The van der Waals surface area contributed by atoms with E-state index in [4.69, 9.17) is 5.73 Å². The summed E-state index contributed by atoms with van der Waals surface area (Å²) >= 11 is 1.35. The van der Waals surface area contributed by atoms with Gasteiger partial charge in [-0.1, -0.05) is 6.92 Å². The number of nitro benzene ring substituents is 1. The van der Waals surface area contributed by atoms with Crippen molar-refractivity contribution in [2.45, 2.75) is 26.3 Å². The molecule has 3 rings (SSSR count). The summed E-state index contributed by atoms with van der Waals surface area (Å²) in [6, 6.07) is 3.99. The highest BCUT2D eigenvalue weighted by molar-refractivity contribution is 7.13. The lowest BCUT2D eigenvalue weighted by molar-refractivity contribution is -0.383. The van der Waals surface area contributed by atoms with Crippen molar-refractivity contribution in [3.05, 3.63) is 45.0 Å². The van der Waals surface area contributed by atoms with Crippen molar-refractivity contribution in [2.24, 2.45) is 5.92 Å². The van der Waals surface area contributed by atoms with Crippen molar-refractivity contribution >= 4 is 33.8 Å². The van der Waals surface area contributed by atoms with E-state index < -0.39 is 10.8 Å². The number of likely N-dealkylation sites (tertiary alicyclic amines) is 1. The zero-order valence-electron chi connectivity index (χ0n) is 14.5. The maximum Gasteiger partial charge on any atom is 0.292 e.